The molecule has 0 unspecified atom stereocenters. The molecule has 1 aromatic carbocycles. The molecule has 0 aliphatic heterocycles. The molecule has 0 bridgehead atoms. The number of nitrogens with zero attached hydrogens (tertiary/aromatic N) is 2. The maximum Gasteiger partial charge on any atom is 0.319 e. The van der Waals surface area contributed by atoms with E-state index in [1.54, 1.807) is 24.5 Å². The van der Waals surface area contributed by atoms with Crippen molar-refractivity contribution >= 4 is 22.6 Å². The summed E-state index contributed by atoms with van der Waals surface area (Å²) in [6.45, 7) is 1.51. The Kier molecular flexibility index (Phi) is 4.34. The standard InChI is InChI=1S/C17H18N4O/c22-17(20-15-6-10-18-11-7-15)19-9-3-12-21-13-8-14-4-1-2-5-16(14)21/h1-2,4-8,10-11,13H,3,9,12H2,(H2,18,19,20,22). The number of rotatable bonds is 5. The van der Waals surface area contributed by atoms with Gasteiger partial charge >= 0.3 is 6.03 Å². The molecule has 22 heavy (non-hydrogen) atoms. The topological polar surface area (TPSA) is 59.0 Å². The minimum atomic E-state index is -0.191. The number of nitrogens with one attached hydrogen (secondary N) is 2. The lowest BCUT2D eigenvalue weighted by Gasteiger charge is -2.08. The van der Waals surface area contributed by atoms with E-state index in [0.717, 1.165) is 18.7 Å². The molecule has 0 radical (unpaired) electrons. The largest absolute Gasteiger partial charge is 0.347 e. The molecule has 2 aromatic heterocycles. The smallest absolute Gasteiger partial charge is 0.319 e. The van der Waals surface area contributed by atoms with Crippen LogP contribution in [0.3, 0.4) is 0 Å². The molecule has 5 nitrogen and oxygen atoms in total. The van der Waals surface area contributed by atoms with Crippen molar-refractivity contribution in [3.63, 3.8) is 0 Å². The quantitative estimate of drug-likeness (QED) is 0.710. The molecule has 112 valence electrons. The van der Waals surface area contributed by atoms with Gasteiger partial charge in [0.15, 0.2) is 0 Å². The van der Waals surface area contributed by atoms with Gasteiger partial charge in [0.25, 0.3) is 0 Å². The Morgan fingerprint density at radius 1 is 1.09 bits per heavy atom. The van der Waals surface area contributed by atoms with Gasteiger partial charge in [0.1, 0.15) is 0 Å². The summed E-state index contributed by atoms with van der Waals surface area (Å²) in [7, 11) is 0. The second kappa shape index (κ2) is 6.76. The van der Waals surface area contributed by atoms with E-state index in [4.69, 9.17) is 0 Å². The molecule has 0 saturated heterocycles. The van der Waals surface area contributed by atoms with Crippen LogP contribution in [0, 0.1) is 0 Å². The van der Waals surface area contributed by atoms with Crippen LogP contribution >= 0.6 is 0 Å². The van der Waals surface area contributed by atoms with Gasteiger partial charge in [-0.25, -0.2) is 4.79 Å². The first-order chi connectivity index (χ1) is 10.8. The van der Waals surface area contributed by atoms with Gasteiger partial charge in [0, 0.05) is 42.9 Å². The highest BCUT2D eigenvalue weighted by Gasteiger charge is 2.02. The van der Waals surface area contributed by atoms with E-state index < -0.39 is 0 Å². The van der Waals surface area contributed by atoms with Gasteiger partial charge in [-0.2, -0.15) is 0 Å². The number of pyridine rings is 1. The van der Waals surface area contributed by atoms with Crippen molar-refractivity contribution in [2.75, 3.05) is 11.9 Å². The number of carbonyl (C=O) groups excluding carboxylic acids is 1. The zero-order valence-corrected chi connectivity index (χ0v) is 12.2. The van der Waals surface area contributed by atoms with E-state index in [0.29, 0.717) is 6.54 Å². The van der Waals surface area contributed by atoms with Crippen LogP contribution in [-0.2, 0) is 6.54 Å². The lowest BCUT2D eigenvalue weighted by molar-refractivity contribution is 0.252. The monoisotopic (exact) mass is 294 g/mol. The summed E-state index contributed by atoms with van der Waals surface area (Å²) in [5, 5.41) is 6.87. The van der Waals surface area contributed by atoms with Crippen molar-refractivity contribution < 1.29 is 4.79 Å². The third-order valence-corrected chi connectivity index (χ3v) is 3.48. The lowest BCUT2D eigenvalue weighted by Crippen LogP contribution is -2.30. The Morgan fingerprint density at radius 3 is 2.77 bits per heavy atom. The minimum Gasteiger partial charge on any atom is -0.347 e. The molecule has 2 N–H and O–H groups in total. The molecular weight excluding hydrogens is 276 g/mol. The molecule has 2 amide bonds. The van der Waals surface area contributed by atoms with E-state index >= 15 is 0 Å². The van der Waals surface area contributed by atoms with Gasteiger partial charge in [-0.1, -0.05) is 18.2 Å². The number of hydrogen-bond donors (Lipinski definition) is 2. The first kappa shape index (κ1) is 14.1. The molecule has 0 fully saturated rings. The van der Waals surface area contributed by atoms with Crippen molar-refractivity contribution in [1.82, 2.24) is 14.9 Å². The predicted molar refractivity (Wildman–Crippen MR) is 87.8 cm³/mol. The van der Waals surface area contributed by atoms with E-state index in [9.17, 15) is 4.79 Å². The molecule has 2 heterocycles. The van der Waals surface area contributed by atoms with Crippen LogP contribution in [-0.4, -0.2) is 22.1 Å². The average Bonchev–Trinajstić information content (AvgIpc) is 2.96. The Balaban J connectivity index is 1.45. The van der Waals surface area contributed by atoms with Crippen molar-refractivity contribution in [1.29, 1.82) is 0 Å². The van der Waals surface area contributed by atoms with Crippen LogP contribution in [0.15, 0.2) is 61.1 Å². The minimum absolute atomic E-state index is 0.191. The van der Waals surface area contributed by atoms with Crippen LogP contribution < -0.4 is 10.6 Å². The summed E-state index contributed by atoms with van der Waals surface area (Å²) in [5.74, 6) is 0. The van der Waals surface area contributed by atoms with Crippen LogP contribution in [0.1, 0.15) is 6.42 Å². The number of amides is 2. The molecular formula is C17H18N4O. The van der Waals surface area contributed by atoms with Gasteiger partial charge in [-0.3, -0.25) is 4.98 Å². The van der Waals surface area contributed by atoms with Crippen molar-refractivity contribution in [3.05, 3.63) is 61.1 Å². The van der Waals surface area contributed by atoms with E-state index in [-0.39, 0.29) is 6.03 Å². The fourth-order valence-corrected chi connectivity index (χ4v) is 2.40. The van der Waals surface area contributed by atoms with Crippen LogP contribution in [0.5, 0.6) is 0 Å². The number of aromatic nitrogens is 2. The SMILES string of the molecule is O=C(NCCCn1ccc2ccccc21)Nc1ccncc1. The highest BCUT2D eigenvalue weighted by molar-refractivity contribution is 5.89. The third kappa shape index (κ3) is 3.44. The normalized spacial score (nSPS) is 10.5. The average molecular weight is 294 g/mol. The maximum absolute atomic E-state index is 11.7. The fraction of sp³-hybridized carbons (Fsp3) is 0.176. The van der Waals surface area contributed by atoms with Crippen LogP contribution in [0.2, 0.25) is 0 Å². The van der Waals surface area contributed by atoms with Gasteiger partial charge in [-0.05, 0) is 36.1 Å². The summed E-state index contributed by atoms with van der Waals surface area (Å²) >= 11 is 0. The Hall–Kier alpha value is -2.82. The Bertz CT molecular complexity index is 751. The molecule has 0 spiro atoms. The lowest BCUT2D eigenvalue weighted by atomic mass is 10.2. The molecule has 0 saturated carbocycles. The van der Waals surface area contributed by atoms with Crippen molar-refractivity contribution in [3.8, 4) is 0 Å². The van der Waals surface area contributed by atoms with E-state index in [2.05, 4.69) is 44.6 Å². The number of urea groups is 1. The summed E-state index contributed by atoms with van der Waals surface area (Å²) in [6, 6.07) is 13.7. The third-order valence-electron chi connectivity index (χ3n) is 3.48. The number of aryl methyl sites for hydroxylation is 1. The van der Waals surface area contributed by atoms with Crippen molar-refractivity contribution in [2.24, 2.45) is 0 Å². The number of benzene rings is 1. The molecule has 5 heteroatoms. The Labute approximate surface area is 129 Å². The molecule has 0 atom stereocenters. The van der Waals surface area contributed by atoms with E-state index in [1.165, 1.54) is 10.9 Å². The molecule has 0 aliphatic carbocycles. The number of hydrogen-bond acceptors (Lipinski definition) is 2. The van der Waals surface area contributed by atoms with E-state index in [1.807, 2.05) is 12.1 Å². The zero-order valence-electron chi connectivity index (χ0n) is 12.2. The number of anilines is 1. The van der Waals surface area contributed by atoms with Gasteiger partial charge < -0.3 is 15.2 Å². The highest BCUT2D eigenvalue weighted by atomic mass is 16.2. The van der Waals surface area contributed by atoms with Crippen LogP contribution in [0.25, 0.3) is 10.9 Å². The zero-order chi connectivity index (χ0) is 15.2. The fourth-order valence-electron chi connectivity index (χ4n) is 2.40. The highest BCUT2D eigenvalue weighted by Crippen LogP contribution is 2.15. The molecule has 0 aliphatic rings. The first-order valence-electron chi connectivity index (χ1n) is 7.32. The Morgan fingerprint density at radius 2 is 1.91 bits per heavy atom. The summed E-state index contributed by atoms with van der Waals surface area (Å²) < 4.78 is 2.21. The van der Waals surface area contributed by atoms with Gasteiger partial charge in [0.2, 0.25) is 0 Å². The second-order valence-corrected chi connectivity index (χ2v) is 5.04. The number of para-hydroxylation sites is 1. The summed E-state index contributed by atoms with van der Waals surface area (Å²) in [5.41, 5.74) is 1.97. The number of fused-ring (bicyclic) bond motifs is 1. The molecule has 3 aromatic rings. The summed E-state index contributed by atoms with van der Waals surface area (Å²) in [6.07, 6.45) is 6.25. The number of carbonyl (C=O) groups is 1. The second-order valence-electron chi connectivity index (χ2n) is 5.04. The van der Waals surface area contributed by atoms with Crippen LogP contribution in [0.4, 0.5) is 10.5 Å². The molecule has 3 rings (SSSR count). The maximum atomic E-state index is 11.7. The first-order valence-corrected chi connectivity index (χ1v) is 7.32. The van der Waals surface area contributed by atoms with Gasteiger partial charge in [-0.15, -0.1) is 0 Å². The predicted octanol–water partition coefficient (Wildman–Crippen LogP) is 3.25. The van der Waals surface area contributed by atoms with Crippen molar-refractivity contribution in [2.45, 2.75) is 13.0 Å². The summed E-state index contributed by atoms with van der Waals surface area (Å²) in [4.78, 5) is 15.6. The van der Waals surface area contributed by atoms with Gasteiger partial charge in [0.05, 0.1) is 0 Å².